The summed E-state index contributed by atoms with van der Waals surface area (Å²) in [6, 6.07) is 73.4. The van der Waals surface area contributed by atoms with Crippen molar-refractivity contribution in [2.45, 2.75) is 0 Å². The molecule has 0 radical (unpaired) electrons. The Kier molecular flexibility index (Phi) is 9.16. The van der Waals surface area contributed by atoms with E-state index in [0.29, 0.717) is 11.3 Å². The van der Waals surface area contributed by atoms with Gasteiger partial charge >= 0.3 is 0 Å². The topological polar surface area (TPSA) is 63.8 Å². The molecule has 0 N–H and O–H groups in total. The first-order valence-corrected chi connectivity index (χ1v) is 21.8. The molecule has 12 rings (SSSR count). The van der Waals surface area contributed by atoms with Crippen LogP contribution in [0.5, 0.6) is 0 Å². The van der Waals surface area contributed by atoms with Gasteiger partial charge in [-0.2, -0.15) is 5.26 Å². The molecule has 0 saturated carbocycles. The molecule has 0 amide bonds. The van der Waals surface area contributed by atoms with Gasteiger partial charge in [0.25, 0.3) is 0 Å². The van der Waals surface area contributed by atoms with Crippen LogP contribution in [0.25, 0.3) is 116 Å². The number of hydrogen-bond acceptors (Lipinski definition) is 3. The molecule has 6 heteroatoms. The average Bonchev–Trinajstić information content (AvgIpc) is 3.90. The molecule has 0 bridgehead atoms. The first-order chi connectivity index (χ1) is 32.7. The summed E-state index contributed by atoms with van der Waals surface area (Å²) in [5, 5.41) is 15.7. The van der Waals surface area contributed by atoms with Crippen LogP contribution in [0, 0.1) is 17.9 Å². The Morgan fingerprint density at radius 2 is 0.879 bits per heavy atom. The fourth-order valence-corrected chi connectivity index (χ4v) is 9.73. The number of benzene rings is 8. The van der Waals surface area contributed by atoms with Gasteiger partial charge in [-0.05, 0) is 71.3 Å². The highest BCUT2D eigenvalue weighted by molar-refractivity contribution is 6.12. The maximum absolute atomic E-state index is 11.4. The van der Waals surface area contributed by atoms with Crippen LogP contribution in [-0.2, 0) is 0 Å². The predicted molar refractivity (Wildman–Crippen MR) is 269 cm³/mol. The first-order valence-electron chi connectivity index (χ1n) is 21.8. The predicted octanol–water partition coefficient (Wildman–Crippen LogP) is 15.4. The molecule has 306 valence electrons. The van der Waals surface area contributed by atoms with Crippen molar-refractivity contribution in [2.75, 3.05) is 0 Å². The molecule has 8 aromatic carbocycles. The molecule has 0 saturated heterocycles. The molecule has 0 atom stereocenters. The Labute approximate surface area is 381 Å². The Bertz CT molecular complexity index is 3960. The smallest absolute Gasteiger partial charge is 0.187 e. The molecule has 0 fully saturated rings. The van der Waals surface area contributed by atoms with Gasteiger partial charge in [-0.3, -0.25) is 9.97 Å². The fourth-order valence-electron chi connectivity index (χ4n) is 9.73. The standard InChI is InChI=1S/C60H36N6/c1-62-45-20-12-19-41(33-45)52-37-55(65-53-25-10-8-21-48(53)50-29-27-42(34-56(50)65)46-23-13-31-63-59(46)39-15-4-2-5-16-39)44(38-61)36-58(52)66-54-26-11-9-22-49(54)51-30-28-43(35-57(51)66)47-24-14-32-64-60(47)40-17-6-3-7-18-40/h2-37H. The Morgan fingerprint density at radius 1 is 0.394 bits per heavy atom. The third-order valence-corrected chi connectivity index (χ3v) is 12.7. The van der Waals surface area contributed by atoms with Crippen LogP contribution in [0.15, 0.2) is 219 Å². The lowest BCUT2D eigenvalue weighted by Gasteiger charge is -2.19. The van der Waals surface area contributed by atoms with Gasteiger partial charge in [0.05, 0.1) is 57.0 Å². The summed E-state index contributed by atoms with van der Waals surface area (Å²) in [6.45, 7) is 8.02. The van der Waals surface area contributed by atoms with E-state index in [4.69, 9.17) is 16.5 Å². The lowest BCUT2D eigenvalue weighted by molar-refractivity contribution is 1.14. The minimum Gasteiger partial charge on any atom is -0.309 e. The highest BCUT2D eigenvalue weighted by Crippen LogP contribution is 2.44. The van der Waals surface area contributed by atoms with Gasteiger partial charge in [-0.15, -0.1) is 0 Å². The van der Waals surface area contributed by atoms with Gasteiger partial charge < -0.3 is 9.13 Å². The van der Waals surface area contributed by atoms with Crippen molar-refractivity contribution in [3.8, 4) is 73.3 Å². The van der Waals surface area contributed by atoms with Crippen molar-refractivity contribution in [3.63, 3.8) is 0 Å². The van der Waals surface area contributed by atoms with Crippen LogP contribution in [0.1, 0.15) is 5.56 Å². The normalized spacial score (nSPS) is 11.3. The monoisotopic (exact) mass is 840 g/mol. The van der Waals surface area contributed by atoms with E-state index in [1.165, 1.54) is 0 Å². The lowest BCUT2D eigenvalue weighted by atomic mass is 9.97. The molecule has 0 aliphatic carbocycles. The van der Waals surface area contributed by atoms with Crippen molar-refractivity contribution in [3.05, 3.63) is 236 Å². The summed E-state index contributed by atoms with van der Waals surface area (Å²) in [6.07, 6.45) is 3.68. The second-order valence-corrected chi connectivity index (χ2v) is 16.4. The Hall–Kier alpha value is -9.36. The number of rotatable bonds is 7. The number of fused-ring (bicyclic) bond motifs is 6. The van der Waals surface area contributed by atoms with E-state index in [9.17, 15) is 5.26 Å². The van der Waals surface area contributed by atoms with Crippen LogP contribution < -0.4 is 0 Å². The van der Waals surface area contributed by atoms with Gasteiger partial charge in [0.1, 0.15) is 6.07 Å². The molecule has 66 heavy (non-hydrogen) atoms. The number of pyridine rings is 2. The molecule has 0 aliphatic rings. The Morgan fingerprint density at radius 3 is 1.42 bits per heavy atom. The molecular weight excluding hydrogens is 805 g/mol. The van der Waals surface area contributed by atoms with E-state index < -0.39 is 0 Å². The van der Waals surface area contributed by atoms with E-state index >= 15 is 0 Å². The summed E-state index contributed by atoms with van der Waals surface area (Å²) < 4.78 is 4.52. The molecule has 0 unspecified atom stereocenters. The summed E-state index contributed by atoms with van der Waals surface area (Å²) in [7, 11) is 0. The van der Waals surface area contributed by atoms with Crippen molar-refractivity contribution in [1.82, 2.24) is 19.1 Å². The van der Waals surface area contributed by atoms with Crippen molar-refractivity contribution >= 4 is 49.3 Å². The molecule has 0 aliphatic heterocycles. The minimum atomic E-state index is 0.509. The van der Waals surface area contributed by atoms with Crippen LogP contribution in [0.4, 0.5) is 5.69 Å². The van der Waals surface area contributed by atoms with Crippen molar-refractivity contribution in [1.29, 1.82) is 5.26 Å². The summed E-state index contributed by atoms with van der Waals surface area (Å²) in [5.74, 6) is 0. The molecular formula is C60H36N6. The van der Waals surface area contributed by atoms with E-state index in [-0.39, 0.29) is 0 Å². The maximum atomic E-state index is 11.4. The van der Waals surface area contributed by atoms with Gasteiger partial charge in [0.15, 0.2) is 5.69 Å². The van der Waals surface area contributed by atoms with E-state index in [0.717, 1.165) is 111 Å². The van der Waals surface area contributed by atoms with E-state index in [2.05, 4.69) is 154 Å². The summed E-state index contributed by atoms with van der Waals surface area (Å²) in [4.78, 5) is 13.6. The summed E-state index contributed by atoms with van der Waals surface area (Å²) >= 11 is 0. The second kappa shape index (κ2) is 15.8. The zero-order chi connectivity index (χ0) is 44.1. The number of aromatic nitrogens is 4. The molecule has 4 aromatic heterocycles. The van der Waals surface area contributed by atoms with Gasteiger partial charge in [-0.1, -0.05) is 152 Å². The highest BCUT2D eigenvalue weighted by atomic mass is 15.0. The first kappa shape index (κ1) is 38.3. The van der Waals surface area contributed by atoms with Crippen LogP contribution >= 0.6 is 0 Å². The SMILES string of the molecule is [C-]#[N+]c1cccc(-c2cc(-n3c4ccccc4c4ccc(-c5cccnc5-c5ccccc5)cc43)c(C#N)cc2-n2c3ccccc3c3ccc(-c4cccnc4-c4ccccc4)cc32)c1. The van der Waals surface area contributed by atoms with Crippen LogP contribution in [-0.4, -0.2) is 19.1 Å². The number of nitriles is 1. The summed E-state index contributed by atoms with van der Waals surface area (Å²) in [5.41, 5.74) is 16.3. The molecule has 12 aromatic rings. The Balaban J connectivity index is 1.14. The van der Waals surface area contributed by atoms with Crippen molar-refractivity contribution < 1.29 is 0 Å². The quantitative estimate of drug-likeness (QED) is 0.150. The second-order valence-electron chi connectivity index (χ2n) is 16.4. The third-order valence-electron chi connectivity index (χ3n) is 12.7. The number of para-hydroxylation sites is 2. The van der Waals surface area contributed by atoms with Gasteiger partial charge in [0.2, 0.25) is 0 Å². The molecule has 6 nitrogen and oxygen atoms in total. The highest BCUT2D eigenvalue weighted by Gasteiger charge is 2.23. The zero-order valence-electron chi connectivity index (χ0n) is 35.5. The molecule has 4 heterocycles. The van der Waals surface area contributed by atoms with Crippen LogP contribution in [0.3, 0.4) is 0 Å². The van der Waals surface area contributed by atoms with Crippen LogP contribution in [0.2, 0.25) is 0 Å². The van der Waals surface area contributed by atoms with Gasteiger partial charge in [0, 0.05) is 61.8 Å². The van der Waals surface area contributed by atoms with E-state index in [1.807, 2.05) is 85.2 Å². The lowest BCUT2D eigenvalue weighted by Crippen LogP contribution is -2.04. The van der Waals surface area contributed by atoms with E-state index in [1.54, 1.807) is 0 Å². The van der Waals surface area contributed by atoms with Gasteiger partial charge in [-0.25, -0.2) is 4.85 Å². The minimum absolute atomic E-state index is 0.509. The fraction of sp³-hybridized carbons (Fsp3) is 0. The third kappa shape index (κ3) is 6.25. The zero-order valence-corrected chi connectivity index (χ0v) is 35.5. The number of hydrogen-bond donors (Lipinski definition) is 0. The molecule has 0 spiro atoms. The number of nitrogens with zero attached hydrogens (tertiary/aromatic N) is 6. The average molecular weight is 841 g/mol. The van der Waals surface area contributed by atoms with Crippen molar-refractivity contribution in [2.24, 2.45) is 0 Å². The largest absolute Gasteiger partial charge is 0.309 e. The maximum Gasteiger partial charge on any atom is 0.187 e.